The number of ether oxygens (including phenoxy) is 2. The SMILES string of the molecule is CNCCOC(=O)NC1CCC(C(C)(C)C2CCC(NC(=O)OCCNC)CC2)CC1. The Morgan fingerprint density at radius 1 is 0.710 bits per heavy atom. The van der Waals surface area contributed by atoms with Gasteiger partial charge in [-0.1, -0.05) is 13.8 Å². The minimum Gasteiger partial charge on any atom is -0.448 e. The van der Waals surface area contributed by atoms with Crippen molar-refractivity contribution in [3.05, 3.63) is 0 Å². The van der Waals surface area contributed by atoms with Crippen LogP contribution in [0.5, 0.6) is 0 Å². The minimum atomic E-state index is -0.298. The molecule has 2 amide bonds. The number of hydrogen-bond donors (Lipinski definition) is 4. The summed E-state index contributed by atoms with van der Waals surface area (Å²) < 4.78 is 10.4. The first kappa shape index (κ1) is 25.7. The average Bonchev–Trinajstić information content (AvgIpc) is 2.75. The van der Waals surface area contributed by atoms with Crippen molar-refractivity contribution < 1.29 is 19.1 Å². The van der Waals surface area contributed by atoms with Gasteiger partial charge in [0.05, 0.1) is 0 Å². The molecule has 0 aliphatic heterocycles. The zero-order chi connectivity index (χ0) is 22.7. The Morgan fingerprint density at radius 2 is 1.06 bits per heavy atom. The summed E-state index contributed by atoms with van der Waals surface area (Å²) in [6.45, 7) is 6.98. The van der Waals surface area contributed by atoms with E-state index in [1.165, 1.54) is 0 Å². The van der Waals surface area contributed by atoms with Crippen molar-refractivity contribution in [3.63, 3.8) is 0 Å². The van der Waals surface area contributed by atoms with Gasteiger partial charge in [0.1, 0.15) is 13.2 Å². The highest BCUT2D eigenvalue weighted by Gasteiger charge is 2.40. The Bertz CT molecular complexity index is 496. The minimum absolute atomic E-state index is 0.225. The molecule has 8 heteroatoms. The van der Waals surface area contributed by atoms with E-state index in [1.807, 2.05) is 14.1 Å². The molecule has 2 saturated carbocycles. The fourth-order valence-electron chi connectivity index (χ4n) is 5.21. The highest BCUT2D eigenvalue weighted by molar-refractivity contribution is 5.67. The lowest BCUT2D eigenvalue weighted by Gasteiger charge is -2.46. The van der Waals surface area contributed by atoms with Gasteiger partial charge in [0, 0.05) is 25.2 Å². The maximum Gasteiger partial charge on any atom is 0.407 e. The van der Waals surface area contributed by atoms with E-state index in [2.05, 4.69) is 35.1 Å². The molecule has 180 valence electrons. The van der Waals surface area contributed by atoms with Crippen LogP contribution in [-0.4, -0.2) is 64.7 Å². The third-order valence-corrected chi connectivity index (χ3v) is 7.37. The molecule has 0 unspecified atom stereocenters. The summed E-state index contributed by atoms with van der Waals surface area (Å²) >= 11 is 0. The second-order valence-corrected chi connectivity index (χ2v) is 9.69. The lowest BCUT2D eigenvalue weighted by molar-refractivity contribution is 0.0456. The second kappa shape index (κ2) is 13.1. The third-order valence-electron chi connectivity index (χ3n) is 7.37. The first-order valence-electron chi connectivity index (χ1n) is 12.0. The molecule has 0 aromatic carbocycles. The van der Waals surface area contributed by atoms with Gasteiger partial charge in [-0.2, -0.15) is 0 Å². The number of hydrogen-bond acceptors (Lipinski definition) is 6. The molecule has 2 aliphatic carbocycles. The molecule has 0 saturated heterocycles. The smallest absolute Gasteiger partial charge is 0.407 e. The molecule has 0 aromatic rings. The maximum atomic E-state index is 11.9. The summed E-state index contributed by atoms with van der Waals surface area (Å²) in [4.78, 5) is 23.8. The molecule has 4 N–H and O–H groups in total. The van der Waals surface area contributed by atoms with E-state index >= 15 is 0 Å². The van der Waals surface area contributed by atoms with Crippen molar-refractivity contribution in [2.24, 2.45) is 17.3 Å². The Kier molecular flexibility index (Phi) is 10.9. The van der Waals surface area contributed by atoms with Gasteiger partial charge < -0.3 is 30.7 Å². The van der Waals surface area contributed by atoms with E-state index in [4.69, 9.17) is 9.47 Å². The zero-order valence-electron chi connectivity index (χ0n) is 19.9. The fraction of sp³-hybridized carbons (Fsp3) is 0.913. The van der Waals surface area contributed by atoms with Gasteiger partial charge in [-0.3, -0.25) is 0 Å². The van der Waals surface area contributed by atoms with Crippen LogP contribution in [0.25, 0.3) is 0 Å². The fourth-order valence-corrected chi connectivity index (χ4v) is 5.21. The summed E-state index contributed by atoms with van der Waals surface area (Å²) in [7, 11) is 3.68. The van der Waals surface area contributed by atoms with E-state index in [0.29, 0.717) is 38.1 Å². The molecule has 2 aliphatic rings. The monoisotopic (exact) mass is 440 g/mol. The molecule has 2 fully saturated rings. The van der Waals surface area contributed by atoms with Crippen molar-refractivity contribution in [2.75, 3.05) is 40.4 Å². The average molecular weight is 441 g/mol. The number of carbonyl (C=O) groups is 2. The molecular formula is C23H44N4O4. The highest BCUT2D eigenvalue weighted by atomic mass is 16.6. The molecule has 0 atom stereocenters. The summed E-state index contributed by atoms with van der Waals surface area (Å²) in [5.41, 5.74) is 0.274. The van der Waals surface area contributed by atoms with Crippen molar-refractivity contribution in [1.82, 2.24) is 21.3 Å². The third kappa shape index (κ3) is 8.48. The van der Waals surface area contributed by atoms with Crippen LogP contribution in [0.15, 0.2) is 0 Å². The molecule has 8 nitrogen and oxygen atoms in total. The zero-order valence-corrected chi connectivity index (χ0v) is 19.9. The van der Waals surface area contributed by atoms with Crippen LogP contribution >= 0.6 is 0 Å². The van der Waals surface area contributed by atoms with Gasteiger partial charge in [-0.05, 0) is 82.7 Å². The summed E-state index contributed by atoms with van der Waals surface area (Å²) in [5.74, 6) is 1.35. The van der Waals surface area contributed by atoms with E-state index in [-0.39, 0.29) is 29.7 Å². The van der Waals surface area contributed by atoms with Gasteiger partial charge in [-0.25, -0.2) is 9.59 Å². The van der Waals surface area contributed by atoms with Crippen LogP contribution in [0.2, 0.25) is 0 Å². The molecule has 0 spiro atoms. The lowest BCUT2D eigenvalue weighted by atomic mass is 9.60. The Balaban J connectivity index is 1.70. The first-order valence-corrected chi connectivity index (χ1v) is 12.0. The molecule has 0 bridgehead atoms. The van der Waals surface area contributed by atoms with Crippen molar-refractivity contribution in [1.29, 1.82) is 0 Å². The van der Waals surface area contributed by atoms with Crippen LogP contribution < -0.4 is 21.3 Å². The van der Waals surface area contributed by atoms with Crippen LogP contribution in [0.3, 0.4) is 0 Å². The molecular weight excluding hydrogens is 396 g/mol. The van der Waals surface area contributed by atoms with Gasteiger partial charge >= 0.3 is 12.2 Å². The summed E-state index contributed by atoms with van der Waals surface area (Å²) in [6, 6.07) is 0.450. The molecule has 31 heavy (non-hydrogen) atoms. The molecule has 0 heterocycles. The van der Waals surface area contributed by atoms with Crippen LogP contribution in [-0.2, 0) is 9.47 Å². The normalized spacial score (nSPS) is 26.7. The highest BCUT2D eigenvalue weighted by Crippen LogP contribution is 2.48. The lowest BCUT2D eigenvalue weighted by Crippen LogP contribution is -2.44. The van der Waals surface area contributed by atoms with Crippen molar-refractivity contribution in [3.8, 4) is 0 Å². The van der Waals surface area contributed by atoms with E-state index in [1.54, 1.807) is 0 Å². The van der Waals surface area contributed by atoms with Crippen LogP contribution in [0, 0.1) is 17.3 Å². The van der Waals surface area contributed by atoms with Gasteiger partial charge in [0.25, 0.3) is 0 Å². The van der Waals surface area contributed by atoms with E-state index < -0.39 is 0 Å². The predicted molar refractivity (Wildman–Crippen MR) is 122 cm³/mol. The molecule has 0 radical (unpaired) electrons. The second-order valence-electron chi connectivity index (χ2n) is 9.69. The molecule has 2 rings (SSSR count). The van der Waals surface area contributed by atoms with Gasteiger partial charge in [0.2, 0.25) is 0 Å². The van der Waals surface area contributed by atoms with Crippen LogP contribution in [0.1, 0.15) is 65.2 Å². The Morgan fingerprint density at radius 3 is 1.39 bits per heavy atom. The van der Waals surface area contributed by atoms with Crippen LogP contribution in [0.4, 0.5) is 9.59 Å². The standard InChI is InChI=1S/C23H44N4O4/c1-23(2,17-5-9-19(10-6-17)26-21(28)30-15-13-24-3)18-7-11-20(12-8-18)27-22(29)31-16-14-25-4/h17-20,24-25H,5-16H2,1-4H3,(H,26,28)(H,27,29). The predicted octanol–water partition coefficient (Wildman–Crippen LogP) is 3.02. The number of rotatable bonds is 10. The summed E-state index contributed by atoms with van der Waals surface area (Å²) in [6.07, 6.45) is 8.05. The number of likely N-dealkylation sites (N-methyl/N-ethyl adjacent to an activating group) is 2. The van der Waals surface area contributed by atoms with Crippen molar-refractivity contribution >= 4 is 12.2 Å². The van der Waals surface area contributed by atoms with E-state index in [0.717, 1.165) is 51.4 Å². The van der Waals surface area contributed by atoms with Crippen molar-refractivity contribution in [2.45, 2.75) is 77.3 Å². The summed E-state index contributed by atoms with van der Waals surface area (Å²) in [5, 5.41) is 12.0. The Labute approximate surface area is 188 Å². The Hall–Kier alpha value is -1.54. The van der Waals surface area contributed by atoms with Gasteiger partial charge in [-0.15, -0.1) is 0 Å². The quantitative estimate of drug-likeness (QED) is 0.390. The topological polar surface area (TPSA) is 101 Å². The maximum absolute atomic E-state index is 11.9. The number of nitrogens with one attached hydrogen (secondary N) is 4. The number of alkyl carbamates (subject to hydrolysis) is 2. The largest absolute Gasteiger partial charge is 0.448 e. The van der Waals surface area contributed by atoms with E-state index in [9.17, 15) is 9.59 Å². The van der Waals surface area contributed by atoms with Gasteiger partial charge in [0.15, 0.2) is 0 Å². The first-order chi connectivity index (χ1) is 14.9. The molecule has 0 aromatic heterocycles. The number of amides is 2. The number of carbonyl (C=O) groups excluding carboxylic acids is 2.